The number of thiazole rings is 1. The van der Waals surface area contributed by atoms with E-state index in [-0.39, 0.29) is 12.4 Å². The number of rotatable bonds is 5. The van der Waals surface area contributed by atoms with Gasteiger partial charge in [0.2, 0.25) is 0 Å². The van der Waals surface area contributed by atoms with Gasteiger partial charge in [0, 0.05) is 22.5 Å². The lowest BCUT2D eigenvalue weighted by molar-refractivity contribution is 0.275. The van der Waals surface area contributed by atoms with Crippen molar-refractivity contribution in [3.8, 4) is 17.0 Å². The third-order valence-corrected chi connectivity index (χ3v) is 4.74. The first-order valence-electron chi connectivity index (χ1n) is 7.56. The standard InChI is InChI=1S/C18H16ClFN2O2S/c1-24-17-7-2-12(10-15(17)20)16-11-25-18(22(16)8-9-23)21-14-5-3-13(19)4-6-14/h2-7,10-11,23H,8-9H2,1H3. The molecule has 0 atom stereocenters. The molecule has 3 rings (SSSR count). The third-order valence-electron chi connectivity index (χ3n) is 3.62. The fourth-order valence-electron chi connectivity index (χ4n) is 2.42. The first kappa shape index (κ1) is 17.7. The second kappa shape index (κ2) is 7.82. The molecular weight excluding hydrogens is 363 g/mol. The summed E-state index contributed by atoms with van der Waals surface area (Å²) < 4.78 is 20.8. The molecule has 0 aliphatic heterocycles. The van der Waals surface area contributed by atoms with Crippen LogP contribution >= 0.6 is 22.9 Å². The maximum Gasteiger partial charge on any atom is 0.190 e. The zero-order valence-electron chi connectivity index (χ0n) is 13.4. The minimum absolute atomic E-state index is 0.0455. The number of hydrogen-bond acceptors (Lipinski definition) is 4. The maximum absolute atomic E-state index is 14.0. The van der Waals surface area contributed by atoms with Crippen LogP contribution in [0, 0.1) is 5.82 Å². The number of aromatic nitrogens is 1. The molecule has 0 unspecified atom stereocenters. The highest BCUT2D eigenvalue weighted by molar-refractivity contribution is 7.07. The lowest BCUT2D eigenvalue weighted by Crippen LogP contribution is -2.17. The van der Waals surface area contributed by atoms with E-state index in [0.29, 0.717) is 21.9 Å². The van der Waals surface area contributed by atoms with Crippen LogP contribution in [0.15, 0.2) is 52.8 Å². The maximum atomic E-state index is 14.0. The van der Waals surface area contributed by atoms with Crippen molar-refractivity contribution in [2.45, 2.75) is 6.54 Å². The molecule has 1 N–H and O–H groups in total. The van der Waals surface area contributed by atoms with E-state index >= 15 is 0 Å². The molecule has 0 spiro atoms. The Morgan fingerprint density at radius 2 is 2.00 bits per heavy atom. The number of benzene rings is 2. The Kier molecular flexibility index (Phi) is 5.53. The summed E-state index contributed by atoms with van der Waals surface area (Å²) in [4.78, 5) is 5.31. The van der Waals surface area contributed by atoms with Gasteiger partial charge in [0.25, 0.3) is 0 Å². The molecule has 2 aromatic carbocycles. The zero-order valence-corrected chi connectivity index (χ0v) is 15.0. The SMILES string of the molecule is COc1ccc(-c2csc(=Nc3ccc(Cl)cc3)n2CCO)cc1F. The van der Waals surface area contributed by atoms with Crippen molar-refractivity contribution in [1.82, 2.24) is 4.57 Å². The molecule has 1 aromatic heterocycles. The first-order chi connectivity index (χ1) is 12.1. The Bertz CT molecular complexity index is 935. The fourth-order valence-corrected chi connectivity index (χ4v) is 3.50. The second-order valence-corrected chi connectivity index (χ2v) is 6.49. The highest BCUT2D eigenvalue weighted by Gasteiger charge is 2.11. The fraction of sp³-hybridized carbons (Fsp3) is 0.167. The largest absolute Gasteiger partial charge is 0.494 e. The number of aliphatic hydroxyl groups excluding tert-OH is 1. The molecule has 0 aliphatic carbocycles. The van der Waals surface area contributed by atoms with Crippen LogP contribution < -0.4 is 9.54 Å². The molecule has 0 saturated carbocycles. The van der Waals surface area contributed by atoms with E-state index < -0.39 is 5.82 Å². The zero-order chi connectivity index (χ0) is 17.8. The van der Waals surface area contributed by atoms with E-state index in [1.54, 1.807) is 24.3 Å². The van der Waals surface area contributed by atoms with Gasteiger partial charge < -0.3 is 14.4 Å². The molecule has 3 aromatic rings. The Labute approximate surface area is 153 Å². The topological polar surface area (TPSA) is 46.8 Å². The monoisotopic (exact) mass is 378 g/mol. The van der Waals surface area contributed by atoms with Crippen molar-refractivity contribution in [3.05, 3.63) is 63.5 Å². The summed E-state index contributed by atoms with van der Waals surface area (Å²) in [6.45, 7) is 0.315. The van der Waals surface area contributed by atoms with Crippen LogP contribution in [0.25, 0.3) is 11.3 Å². The minimum Gasteiger partial charge on any atom is -0.494 e. The van der Waals surface area contributed by atoms with Crippen molar-refractivity contribution in [3.63, 3.8) is 0 Å². The van der Waals surface area contributed by atoms with Crippen LogP contribution in [0.3, 0.4) is 0 Å². The molecule has 25 heavy (non-hydrogen) atoms. The molecule has 7 heteroatoms. The molecule has 4 nitrogen and oxygen atoms in total. The van der Waals surface area contributed by atoms with Gasteiger partial charge in [-0.25, -0.2) is 9.38 Å². The van der Waals surface area contributed by atoms with Gasteiger partial charge >= 0.3 is 0 Å². The Morgan fingerprint density at radius 1 is 1.24 bits per heavy atom. The summed E-state index contributed by atoms with van der Waals surface area (Å²) in [5.74, 6) is -0.239. The molecule has 0 amide bonds. The highest BCUT2D eigenvalue weighted by Crippen LogP contribution is 2.26. The lowest BCUT2D eigenvalue weighted by atomic mass is 10.1. The average Bonchev–Trinajstić information content (AvgIpc) is 3.00. The normalized spacial score (nSPS) is 11.8. The van der Waals surface area contributed by atoms with Crippen LogP contribution in [0.5, 0.6) is 5.75 Å². The molecule has 1 heterocycles. The Hall–Kier alpha value is -2.15. The predicted octanol–water partition coefficient (Wildman–Crippen LogP) is 4.24. The van der Waals surface area contributed by atoms with Crippen molar-refractivity contribution >= 4 is 28.6 Å². The van der Waals surface area contributed by atoms with E-state index in [2.05, 4.69) is 4.99 Å². The highest BCUT2D eigenvalue weighted by atomic mass is 35.5. The number of nitrogens with zero attached hydrogens (tertiary/aromatic N) is 2. The molecule has 0 aliphatic rings. The quantitative estimate of drug-likeness (QED) is 0.721. The van der Waals surface area contributed by atoms with Gasteiger partial charge in [-0.1, -0.05) is 11.6 Å². The van der Waals surface area contributed by atoms with E-state index in [1.165, 1.54) is 24.5 Å². The van der Waals surface area contributed by atoms with Crippen molar-refractivity contribution < 1.29 is 14.2 Å². The second-order valence-electron chi connectivity index (χ2n) is 5.22. The Morgan fingerprint density at radius 3 is 2.64 bits per heavy atom. The molecular formula is C18H16ClFN2O2S. The third kappa shape index (κ3) is 3.92. The number of methoxy groups -OCH3 is 1. The van der Waals surface area contributed by atoms with Crippen molar-refractivity contribution in [1.29, 1.82) is 0 Å². The van der Waals surface area contributed by atoms with Gasteiger partial charge in [0.1, 0.15) is 0 Å². The van der Waals surface area contributed by atoms with Crippen LogP contribution in [-0.4, -0.2) is 23.4 Å². The lowest BCUT2D eigenvalue weighted by Gasteiger charge is -2.09. The average molecular weight is 379 g/mol. The number of aliphatic hydroxyl groups is 1. The number of halogens is 2. The summed E-state index contributed by atoms with van der Waals surface area (Å²) in [6, 6.07) is 12.0. The summed E-state index contributed by atoms with van der Waals surface area (Å²) >= 11 is 7.32. The van der Waals surface area contributed by atoms with Gasteiger partial charge in [0.15, 0.2) is 16.4 Å². The Balaban J connectivity index is 2.08. The van der Waals surface area contributed by atoms with Crippen molar-refractivity contribution in [2.75, 3.05) is 13.7 Å². The molecule has 0 bridgehead atoms. The van der Waals surface area contributed by atoms with Crippen LogP contribution in [0.2, 0.25) is 5.02 Å². The molecule has 0 fully saturated rings. The first-order valence-corrected chi connectivity index (χ1v) is 8.81. The van der Waals surface area contributed by atoms with Crippen LogP contribution in [0.4, 0.5) is 10.1 Å². The number of ether oxygens (including phenoxy) is 1. The van der Waals surface area contributed by atoms with Gasteiger partial charge in [0.05, 0.1) is 25.1 Å². The van der Waals surface area contributed by atoms with E-state index in [0.717, 1.165) is 11.4 Å². The molecule has 130 valence electrons. The van der Waals surface area contributed by atoms with Crippen molar-refractivity contribution in [2.24, 2.45) is 4.99 Å². The van der Waals surface area contributed by atoms with Gasteiger partial charge in [-0.05, 0) is 42.5 Å². The summed E-state index contributed by atoms with van der Waals surface area (Å²) in [5.41, 5.74) is 2.24. The number of hydrogen-bond donors (Lipinski definition) is 1. The molecule has 0 radical (unpaired) electrons. The minimum atomic E-state index is -0.432. The summed E-state index contributed by atoms with van der Waals surface area (Å²) in [6.07, 6.45) is 0. The van der Waals surface area contributed by atoms with Gasteiger partial charge in [-0.3, -0.25) is 0 Å². The summed E-state index contributed by atoms with van der Waals surface area (Å²) in [7, 11) is 1.43. The van der Waals surface area contributed by atoms with E-state index in [4.69, 9.17) is 16.3 Å². The predicted molar refractivity (Wildman–Crippen MR) is 98.0 cm³/mol. The molecule has 0 saturated heterocycles. The van der Waals surface area contributed by atoms with Crippen LogP contribution in [0.1, 0.15) is 0 Å². The van der Waals surface area contributed by atoms with Gasteiger partial charge in [-0.2, -0.15) is 0 Å². The smallest absolute Gasteiger partial charge is 0.190 e. The van der Waals surface area contributed by atoms with E-state index in [9.17, 15) is 9.50 Å². The summed E-state index contributed by atoms with van der Waals surface area (Å²) in [5, 5.41) is 11.9. The van der Waals surface area contributed by atoms with Crippen LogP contribution in [-0.2, 0) is 6.54 Å². The van der Waals surface area contributed by atoms with Gasteiger partial charge in [-0.15, -0.1) is 11.3 Å². The van der Waals surface area contributed by atoms with E-state index in [1.807, 2.05) is 22.1 Å².